The summed E-state index contributed by atoms with van der Waals surface area (Å²) in [6, 6.07) is 9.75. The topological polar surface area (TPSA) is 59.5 Å². The Bertz CT molecular complexity index is 949. The van der Waals surface area contributed by atoms with Crippen LogP contribution in [0.3, 0.4) is 0 Å². The van der Waals surface area contributed by atoms with E-state index in [0.29, 0.717) is 6.54 Å². The molecule has 0 spiro atoms. The first-order chi connectivity index (χ1) is 12.6. The van der Waals surface area contributed by atoms with Gasteiger partial charge >= 0.3 is 5.97 Å². The van der Waals surface area contributed by atoms with Crippen LogP contribution in [0.15, 0.2) is 46.5 Å². The van der Waals surface area contributed by atoms with Crippen LogP contribution in [0, 0.1) is 0 Å². The normalized spacial score (nSPS) is 14.1. The molecule has 3 aromatic rings. The number of esters is 1. The molecule has 1 amide bonds. The predicted octanol–water partition coefficient (Wildman–Crippen LogP) is 4.01. The molecule has 4 rings (SSSR count). The van der Waals surface area contributed by atoms with E-state index in [1.165, 1.54) is 11.3 Å². The molecule has 0 bridgehead atoms. The maximum Gasteiger partial charge on any atom is 0.358 e. The number of fused-ring (bicyclic) bond motifs is 1. The van der Waals surface area contributed by atoms with E-state index in [1.807, 2.05) is 41.1 Å². The number of nitrogens with zero attached hydrogens (tertiary/aromatic N) is 2. The summed E-state index contributed by atoms with van der Waals surface area (Å²) >= 11 is 2.96. The molecule has 1 aliphatic heterocycles. The lowest BCUT2D eigenvalue weighted by atomic mass is 10.2. The number of thiophene rings is 1. The predicted molar refractivity (Wildman–Crippen MR) is 103 cm³/mol. The van der Waals surface area contributed by atoms with Gasteiger partial charge in [-0.05, 0) is 36.4 Å². The molecule has 0 unspecified atom stereocenters. The first kappa shape index (κ1) is 16.9. The third kappa shape index (κ3) is 3.15. The molecule has 0 N–H and O–H groups in total. The van der Waals surface area contributed by atoms with Crippen molar-refractivity contribution in [2.75, 3.05) is 11.4 Å². The van der Waals surface area contributed by atoms with Crippen molar-refractivity contribution in [3.05, 3.63) is 57.7 Å². The standard InChI is InChI=1S/C19H16N2O3S2/c1-12(18(22)21-8-6-13-4-2-3-5-16(13)21)24-19(23)15-11-26-17(20-15)14-7-9-25-10-14/h2-5,7,9-12H,6,8H2,1H3/t12-/m0/s1. The van der Waals surface area contributed by atoms with E-state index in [4.69, 9.17) is 4.74 Å². The molecule has 132 valence electrons. The molecule has 0 saturated carbocycles. The molecular weight excluding hydrogens is 368 g/mol. The second kappa shape index (κ2) is 7.01. The number of hydrogen-bond donors (Lipinski definition) is 0. The van der Waals surface area contributed by atoms with Crippen molar-refractivity contribution in [2.24, 2.45) is 0 Å². The fourth-order valence-electron chi connectivity index (χ4n) is 2.94. The summed E-state index contributed by atoms with van der Waals surface area (Å²) in [5.41, 5.74) is 3.25. The lowest BCUT2D eigenvalue weighted by molar-refractivity contribution is -0.126. The Morgan fingerprint density at radius 2 is 2.08 bits per heavy atom. The number of rotatable bonds is 4. The van der Waals surface area contributed by atoms with Crippen LogP contribution in [0.25, 0.3) is 10.6 Å². The molecule has 7 heteroatoms. The SMILES string of the molecule is C[C@H](OC(=O)c1csc(-c2ccsc2)n1)C(=O)N1CCc2ccccc21. The molecule has 0 radical (unpaired) electrons. The average Bonchev–Trinajstić information content (AvgIpc) is 3.40. The van der Waals surface area contributed by atoms with Crippen LogP contribution in [-0.2, 0) is 16.0 Å². The van der Waals surface area contributed by atoms with Gasteiger partial charge in [0.2, 0.25) is 0 Å². The summed E-state index contributed by atoms with van der Waals surface area (Å²) in [6.45, 7) is 2.21. The average molecular weight is 384 g/mol. The lowest BCUT2D eigenvalue weighted by Gasteiger charge is -2.21. The highest BCUT2D eigenvalue weighted by molar-refractivity contribution is 7.14. The fourth-order valence-corrected chi connectivity index (χ4v) is 4.45. The van der Waals surface area contributed by atoms with E-state index in [2.05, 4.69) is 4.98 Å². The largest absolute Gasteiger partial charge is 0.448 e. The van der Waals surface area contributed by atoms with Crippen molar-refractivity contribution in [3.8, 4) is 10.6 Å². The summed E-state index contributed by atoms with van der Waals surface area (Å²) in [5, 5.41) is 6.37. The molecule has 1 atom stereocenters. The monoisotopic (exact) mass is 384 g/mol. The zero-order chi connectivity index (χ0) is 18.1. The molecule has 1 aromatic carbocycles. The van der Waals surface area contributed by atoms with Gasteiger partial charge in [-0.25, -0.2) is 9.78 Å². The zero-order valence-electron chi connectivity index (χ0n) is 14.0. The Labute approximate surface area is 158 Å². The van der Waals surface area contributed by atoms with E-state index in [1.54, 1.807) is 28.5 Å². The highest BCUT2D eigenvalue weighted by atomic mass is 32.1. The maximum atomic E-state index is 12.7. The molecule has 5 nitrogen and oxygen atoms in total. The van der Waals surface area contributed by atoms with Crippen molar-refractivity contribution in [1.29, 1.82) is 0 Å². The quantitative estimate of drug-likeness (QED) is 0.638. The Morgan fingerprint density at radius 3 is 2.88 bits per heavy atom. The van der Waals surface area contributed by atoms with Crippen molar-refractivity contribution in [1.82, 2.24) is 4.98 Å². The molecule has 1 aliphatic rings. The van der Waals surface area contributed by atoms with Gasteiger partial charge in [-0.2, -0.15) is 11.3 Å². The summed E-state index contributed by atoms with van der Waals surface area (Å²) < 4.78 is 5.37. The zero-order valence-corrected chi connectivity index (χ0v) is 15.7. The van der Waals surface area contributed by atoms with Crippen LogP contribution in [0.2, 0.25) is 0 Å². The van der Waals surface area contributed by atoms with Crippen molar-refractivity contribution >= 4 is 40.2 Å². The van der Waals surface area contributed by atoms with E-state index in [-0.39, 0.29) is 11.6 Å². The van der Waals surface area contributed by atoms with Gasteiger partial charge in [0, 0.05) is 28.6 Å². The van der Waals surface area contributed by atoms with E-state index < -0.39 is 12.1 Å². The van der Waals surface area contributed by atoms with Gasteiger partial charge in [0.1, 0.15) is 5.01 Å². The van der Waals surface area contributed by atoms with Gasteiger partial charge < -0.3 is 9.64 Å². The van der Waals surface area contributed by atoms with Gasteiger partial charge in [-0.1, -0.05) is 18.2 Å². The van der Waals surface area contributed by atoms with Crippen LogP contribution in [0.5, 0.6) is 0 Å². The number of carbonyl (C=O) groups is 2. The van der Waals surface area contributed by atoms with Crippen LogP contribution >= 0.6 is 22.7 Å². The smallest absolute Gasteiger partial charge is 0.358 e. The first-order valence-corrected chi connectivity index (χ1v) is 10.0. The number of thiazole rings is 1. The van der Waals surface area contributed by atoms with Crippen molar-refractivity contribution in [2.45, 2.75) is 19.4 Å². The highest BCUT2D eigenvalue weighted by Crippen LogP contribution is 2.29. The summed E-state index contributed by atoms with van der Waals surface area (Å²) in [5.74, 6) is -0.785. The molecule has 26 heavy (non-hydrogen) atoms. The van der Waals surface area contributed by atoms with Gasteiger partial charge in [0.05, 0.1) is 0 Å². The summed E-state index contributed by atoms with van der Waals surface area (Å²) in [7, 11) is 0. The molecule has 2 aromatic heterocycles. The Morgan fingerprint density at radius 1 is 1.23 bits per heavy atom. The third-order valence-corrected chi connectivity index (χ3v) is 5.84. The number of ether oxygens (including phenoxy) is 1. The van der Waals surface area contributed by atoms with E-state index in [9.17, 15) is 9.59 Å². The number of benzene rings is 1. The highest BCUT2D eigenvalue weighted by Gasteiger charge is 2.30. The van der Waals surface area contributed by atoms with Gasteiger partial charge in [0.15, 0.2) is 11.8 Å². The molecule has 0 fully saturated rings. The Balaban J connectivity index is 1.44. The molecular formula is C19H16N2O3S2. The maximum absolute atomic E-state index is 12.7. The van der Waals surface area contributed by atoms with Crippen molar-refractivity contribution < 1.29 is 14.3 Å². The minimum atomic E-state index is -0.861. The van der Waals surface area contributed by atoms with Crippen LogP contribution in [-0.4, -0.2) is 29.5 Å². The van der Waals surface area contributed by atoms with Crippen molar-refractivity contribution in [3.63, 3.8) is 0 Å². The number of hydrogen-bond acceptors (Lipinski definition) is 6. The van der Waals surface area contributed by atoms with Crippen LogP contribution in [0.4, 0.5) is 5.69 Å². The number of para-hydroxylation sites is 1. The second-order valence-corrected chi connectivity index (χ2v) is 7.60. The minimum absolute atomic E-state index is 0.211. The lowest BCUT2D eigenvalue weighted by Crippen LogP contribution is -2.39. The molecule has 0 aliphatic carbocycles. The van der Waals surface area contributed by atoms with E-state index in [0.717, 1.165) is 28.2 Å². The second-order valence-electron chi connectivity index (χ2n) is 5.97. The summed E-state index contributed by atoms with van der Waals surface area (Å²) in [4.78, 5) is 31.1. The summed E-state index contributed by atoms with van der Waals surface area (Å²) in [6.07, 6.45) is -0.0430. The Hall–Kier alpha value is -2.51. The molecule has 0 saturated heterocycles. The van der Waals surface area contributed by atoms with Crippen LogP contribution < -0.4 is 4.90 Å². The van der Waals surface area contributed by atoms with Crippen LogP contribution in [0.1, 0.15) is 23.0 Å². The number of amides is 1. The number of anilines is 1. The van der Waals surface area contributed by atoms with E-state index >= 15 is 0 Å². The minimum Gasteiger partial charge on any atom is -0.448 e. The van der Waals surface area contributed by atoms with Gasteiger partial charge in [0.25, 0.3) is 5.91 Å². The Kier molecular flexibility index (Phi) is 4.57. The van der Waals surface area contributed by atoms with Gasteiger partial charge in [-0.3, -0.25) is 4.79 Å². The fraction of sp³-hybridized carbons (Fsp3) is 0.211. The molecule has 3 heterocycles. The number of carbonyl (C=O) groups excluding carboxylic acids is 2. The van der Waals surface area contributed by atoms with Gasteiger partial charge in [-0.15, -0.1) is 11.3 Å². The number of aromatic nitrogens is 1. The third-order valence-electron chi connectivity index (χ3n) is 4.27. The first-order valence-electron chi connectivity index (χ1n) is 8.22.